The molecule has 0 aliphatic rings. The third-order valence-electron chi connectivity index (χ3n) is 2.74. The highest BCUT2D eigenvalue weighted by atomic mass is 16.5. The van der Waals surface area contributed by atoms with E-state index in [1.165, 1.54) is 0 Å². The summed E-state index contributed by atoms with van der Waals surface area (Å²) in [4.78, 5) is 11.4. The zero-order chi connectivity index (χ0) is 12.6. The molecular formula is C14H24O2. The fourth-order valence-corrected chi connectivity index (χ4v) is 1.63. The molecule has 0 bridgehead atoms. The molecule has 92 valence electrons. The van der Waals surface area contributed by atoms with Crippen molar-refractivity contribution in [1.82, 2.24) is 0 Å². The van der Waals surface area contributed by atoms with Gasteiger partial charge in [0.15, 0.2) is 0 Å². The van der Waals surface area contributed by atoms with Crippen LogP contribution in [0.4, 0.5) is 0 Å². The summed E-state index contributed by atoms with van der Waals surface area (Å²) in [5.74, 6) is 0.0561. The Morgan fingerprint density at radius 2 is 2.06 bits per heavy atom. The van der Waals surface area contributed by atoms with Crippen molar-refractivity contribution in [1.29, 1.82) is 0 Å². The Labute approximate surface area is 99.4 Å². The quantitative estimate of drug-likeness (QED) is 0.355. The van der Waals surface area contributed by atoms with Crippen LogP contribution in [0.5, 0.6) is 0 Å². The summed E-state index contributed by atoms with van der Waals surface area (Å²) in [7, 11) is 0. The summed E-state index contributed by atoms with van der Waals surface area (Å²) in [6.45, 7) is 13.3. The van der Waals surface area contributed by atoms with Gasteiger partial charge in [0.05, 0.1) is 0 Å². The summed E-state index contributed by atoms with van der Waals surface area (Å²) in [5.41, 5.74) is 0.442. The molecule has 2 atom stereocenters. The Hall–Kier alpha value is -1.05. The standard InChI is InChI=1S/C14H24O2/c1-6-9-10-12(7-2)13(8-3)16-14(15)11(4)5/h8,12-13H,3-4,6-7,9-10H2,1-2,5H3. The minimum atomic E-state index is -0.320. The van der Waals surface area contributed by atoms with E-state index in [-0.39, 0.29) is 12.1 Å². The second-order valence-electron chi connectivity index (χ2n) is 4.20. The van der Waals surface area contributed by atoms with Crippen LogP contribution < -0.4 is 0 Å². The number of unbranched alkanes of at least 4 members (excludes halogenated alkanes) is 1. The zero-order valence-electron chi connectivity index (χ0n) is 10.8. The van der Waals surface area contributed by atoms with E-state index in [9.17, 15) is 4.79 Å². The SMILES string of the molecule is C=CC(OC(=O)C(=C)C)C(CC)CCCC. The topological polar surface area (TPSA) is 26.3 Å². The molecule has 2 nitrogen and oxygen atoms in total. The summed E-state index contributed by atoms with van der Waals surface area (Å²) >= 11 is 0. The van der Waals surface area contributed by atoms with E-state index in [1.807, 2.05) is 0 Å². The van der Waals surface area contributed by atoms with Crippen LogP contribution in [-0.4, -0.2) is 12.1 Å². The molecule has 0 radical (unpaired) electrons. The highest BCUT2D eigenvalue weighted by molar-refractivity contribution is 5.87. The van der Waals surface area contributed by atoms with Gasteiger partial charge in [-0.3, -0.25) is 0 Å². The molecule has 0 saturated heterocycles. The van der Waals surface area contributed by atoms with E-state index >= 15 is 0 Å². The summed E-state index contributed by atoms with van der Waals surface area (Å²) in [6.07, 6.45) is 5.95. The summed E-state index contributed by atoms with van der Waals surface area (Å²) < 4.78 is 5.35. The van der Waals surface area contributed by atoms with Gasteiger partial charge in [0, 0.05) is 5.57 Å². The number of hydrogen-bond acceptors (Lipinski definition) is 2. The second kappa shape index (κ2) is 8.14. The van der Waals surface area contributed by atoms with Gasteiger partial charge < -0.3 is 4.74 Å². The van der Waals surface area contributed by atoms with E-state index in [4.69, 9.17) is 4.74 Å². The number of ether oxygens (including phenoxy) is 1. The van der Waals surface area contributed by atoms with Gasteiger partial charge >= 0.3 is 5.97 Å². The predicted molar refractivity (Wildman–Crippen MR) is 68.2 cm³/mol. The lowest BCUT2D eigenvalue weighted by atomic mass is 9.93. The minimum absolute atomic E-state index is 0.180. The zero-order valence-corrected chi connectivity index (χ0v) is 10.8. The molecule has 2 heteroatoms. The molecule has 0 fully saturated rings. The van der Waals surface area contributed by atoms with Crippen molar-refractivity contribution < 1.29 is 9.53 Å². The Balaban J connectivity index is 4.37. The van der Waals surface area contributed by atoms with E-state index < -0.39 is 0 Å². The van der Waals surface area contributed by atoms with Crippen LogP contribution in [0.2, 0.25) is 0 Å². The first-order chi connectivity index (χ1) is 7.56. The van der Waals surface area contributed by atoms with Gasteiger partial charge in [-0.05, 0) is 25.7 Å². The molecule has 0 aromatic carbocycles. The summed E-state index contributed by atoms with van der Waals surface area (Å²) in [6, 6.07) is 0. The third kappa shape index (κ3) is 5.15. The number of hydrogen-bond donors (Lipinski definition) is 0. The van der Waals surface area contributed by atoms with E-state index in [0.29, 0.717) is 11.5 Å². The largest absolute Gasteiger partial charge is 0.455 e. The number of carbonyl (C=O) groups excluding carboxylic acids is 1. The first-order valence-corrected chi connectivity index (χ1v) is 6.05. The molecular weight excluding hydrogens is 200 g/mol. The van der Waals surface area contributed by atoms with Gasteiger partial charge in [0.2, 0.25) is 0 Å². The molecule has 0 aromatic heterocycles. The fraction of sp³-hybridized carbons (Fsp3) is 0.643. The molecule has 0 saturated carbocycles. The van der Waals surface area contributed by atoms with Crippen molar-refractivity contribution in [2.45, 2.75) is 52.6 Å². The Morgan fingerprint density at radius 1 is 1.44 bits per heavy atom. The maximum atomic E-state index is 11.4. The van der Waals surface area contributed by atoms with Crippen LogP contribution in [0.15, 0.2) is 24.8 Å². The third-order valence-corrected chi connectivity index (χ3v) is 2.74. The molecule has 0 aromatic rings. The number of rotatable bonds is 8. The first kappa shape index (κ1) is 14.9. The van der Waals surface area contributed by atoms with Gasteiger partial charge in [-0.15, -0.1) is 0 Å². The van der Waals surface area contributed by atoms with E-state index in [1.54, 1.807) is 13.0 Å². The van der Waals surface area contributed by atoms with Gasteiger partial charge in [-0.1, -0.05) is 45.9 Å². The highest BCUT2D eigenvalue weighted by Crippen LogP contribution is 2.21. The average Bonchev–Trinajstić information content (AvgIpc) is 2.27. The smallest absolute Gasteiger partial charge is 0.333 e. The molecule has 0 aliphatic heterocycles. The highest BCUT2D eigenvalue weighted by Gasteiger charge is 2.20. The van der Waals surface area contributed by atoms with Crippen molar-refractivity contribution in [3.8, 4) is 0 Å². The van der Waals surface area contributed by atoms with Crippen LogP contribution in [0.25, 0.3) is 0 Å². The maximum absolute atomic E-state index is 11.4. The molecule has 0 amide bonds. The number of carbonyl (C=O) groups is 1. The normalized spacial score (nSPS) is 13.9. The van der Waals surface area contributed by atoms with Crippen LogP contribution in [0.1, 0.15) is 46.5 Å². The average molecular weight is 224 g/mol. The molecule has 0 rings (SSSR count). The van der Waals surface area contributed by atoms with Crippen LogP contribution >= 0.6 is 0 Å². The van der Waals surface area contributed by atoms with Crippen molar-refractivity contribution in [3.63, 3.8) is 0 Å². The Bertz CT molecular complexity index is 243. The molecule has 0 heterocycles. The Kier molecular flexibility index (Phi) is 7.61. The van der Waals surface area contributed by atoms with Crippen molar-refractivity contribution >= 4 is 5.97 Å². The summed E-state index contributed by atoms with van der Waals surface area (Å²) in [5, 5.41) is 0. The monoisotopic (exact) mass is 224 g/mol. The Morgan fingerprint density at radius 3 is 2.44 bits per heavy atom. The first-order valence-electron chi connectivity index (χ1n) is 6.05. The predicted octanol–water partition coefficient (Wildman–Crippen LogP) is 3.88. The van der Waals surface area contributed by atoms with E-state index in [2.05, 4.69) is 27.0 Å². The van der Waals surface area contributed by atoms with Crippen LogP contribution in [-0.2, 0) is 9.53 Å². The van der Waals surface area contributed by atoms with Crippen molar-refractivity contribution in [2.24, 2.45) is 5.92 Å². The van der Waals surface area contributed by atoms with Gasteiger partial charge in [0.1, 0.15) is 6.10 Å². The van der Waals surface area contributed by atoms with E-state index in [0.717, 1.165) is 25.7 Å². The number of esters is 1. The lowest BCUT2D eigenvalue weighted by Gasteiger charge is -2.23. The van der Waals surface area contributed by atoms with Crippen LogP contribution in [0, 0.1) is 5.92 Å². The van der Waals surface area contributed by atoms with Crippen LogP contribution in [0.3, 0.4) is 0 Å². The second-order valence-corrected chi connectivity index (χ2v) is 4.20. The lowest BCUT2D eigenvalue weighted by molar-refractivity contribution is -0.144. The molecule has 16 heavy (non-hydrogen) atoms. The fourth-order valence-electron chi connectivity index (χ4n) is 1.63. The molecule has 0 aliphatic carbocycles. The van der Waals surface area contributed by atoms with Gasteiger partial charge in [0.25, 0.3) is 0 Å². The molecule has 0 N–H and O–H groups in total. The molecule has 2 unspecified atom stereocenters. The minimum Gasteiger partial charge on any atom is -0.455 e. The van der Waals surface area contributed by atoms with Crippen molar-refractivity contribution in [2.75, 3.05) is 0 Å². The lowest BCUT2D eigenvalue weighted by Crippen LogP contribution is -2.25. The maximum Gasteiger partial charge on any atom is 0.333 e. The van der Waals surface area contributed by atoms with Gasteiger partial charge in [-0.2, -0.15) is 0 Å². The molecule has 0 spiro atoms. The van der Waals surface area contributed by atoms with Crippen molar-refractivity contribution in [3.05, 3.63) is 24.8 Å². The van der Waals surface area contributed by atoms with Gasteiger partial charge in [-0.25, -0.2) is 4.79 Å².